The summed E-state index contributed by atoms with van der Waals surface area (Å²) in [5.74, 6) is -0.989. The quantitative estimate of drug-likeness (QED) is 0.613. The number of halogens is 3. The molecule has 0 atom stereocenters. The SMILES string of the molecule is Cc1cnc(Cl)nc1Sc1cc(F)ccc1F. The minimum atomic E-state index is -0.495. The van der Waals surface area contributed by atoms with E-state index in [1.165, 1.54) is 6.20 Å². The Balaban J connectivity index is 2.37. The fraction of sp³-hybridized carbons (Fsp3) is 0.0909. The number of nitrogens with zero attached hydrogens (tertiary/aromatic N) is 2. The first kappa shape index (κ1) is 12.3. The molecule has 0 radical (unpaired) electrons. The summed E-state index contributed by atoms with van der Waals surface area (Å²) >= 11 is 6.67. The van der Waals surface area contributed by atoms with Crippen molar-refractivity contribution in [3.8, 4) is 0 Å². The van der Waals surface area contributed by atoms with E-state index >= 15 is 0 Å². The Hall–Kier alpha value is -1.20. The minimum Gasteiger partial charge on any atom is -0.226 e. The standard InChI is InChI=1S/C11H7ClF2N2S/c1-6-5-15-11(12)16-10(6)17-9-4-7(13)2-3-8(9)14/h2-5H,1H3. The molecular formula is C11H7ClF2N2S. The van der Waals surface area contributed by atoms with Gasteiger partial charge in [-0.25, -0.2) is 18.7 Å². The number of benzene rings is 1. The summed E-state index contributed by atoms with van der Waals surface area (Å²) in [6.07, 6.45) is 1.54. The zero-order valence-electron chi connectivity index (χ0n) is 8.75. The van der Waals surface area contributed by atoms with Crippen LogP contribution in [0.2, 0.25) is 5.28 Å². The lowest BCUT2D eigenvalue weighted by Crippen LogP contribution is -1.91. The van der Waals surface area contributed by atoms with Crippen LogP contribution in [0.4, 0.5) is 8.78 Å². The molecule has 1 heterocycles. The van der Waals surface area contributed by atoms with Gasteiger partial charge in [0.05, 0.1) is 4.90 Å². The summed E-state index contributed by atoms with van der Waals surface area (Å²) in [6, 6.07) is 3.27. The summed E-state index contributed by atoms with van der Waals surface area (Å²) in [4.78, 5) is 7.93. The Morgan fingerprint density at radius 2 is 2.06 bits per heavy atom. The van der Waals surface area contributed by atoms with Crippen molar-refractivity contribution in [2.24, 2.45) is 0 Å². The van der Waals surface area contributed by atoms with E-state index in [2.05, 4.69) is 9.97 Å². The second kappa shape index (κ2) is 4.98. The largest absolute Gasteiger partial charge is 0.226 e. The van der Waals surface area contributed by atoms with Crippen LogP contribution < -0.4 is 0 Å². The fourth-order valence-electron chi connectivity index (χ4n) is 1.17. The summed E-state index contributed by atoms with van der Waals surface area (Å²) in [5, 5.41) is 0.587. The van der Waals surface area contributed by atoms with Gasteiger partial charge in [-0.1, -0.05) is 11.8 Å². The predicted molar refractivity (Wildman–Crippen MR) is 62.3 cm³/mol. The first-order chi connectivity index (χ1) is 8.06. The third-order valence-corrected chi connectivity index (χ3v) is 3.32. The van der Waals surface area contributed by atoms with Crippen molar-refractivity contribution in [3.63, 3.8) is 0 Å². The lowest BCUT2D eigenvalue weighted by Gasteiger charge is -2.05. The van der Waals surface area contributed by atoms with Gasteiger partial charge in [0.25, 0.3) is 0 Å². The smallest absolute Gasteiger partial charge is 0.223 e. The second-order valence-corrected chi connectivity index (χ2v) is 4.67. The van der Waals surface area contributed by atoms with E-state index in [-0.39, 0.29) is 10.2 Å². The van der Waals surface area contributed by atoms with Crippen molar-refractivity contribution in [2.75, 3.05) is 0 Å². The molecule has 0 fully saturated rings. The van der Waals surface area contributed by atoms with Crippen LogP contribution in [-0.4, -0.2) is 9.97 Å². The van der Waals surface area contributed by atoms with Gasteiger partial charge in [0.15, 0.2) is 0 Å². The van der Waals surface area contributed by atoms with Crippen LogP contribution in [0, 0.1) is 18.6 Å². The summed E-state index contributed by atoms with van der Waals surface area (Å²) in [7, 11) is 0. The molecule has 17 heavy (non-hydrogen) atoms. The van der Waals surface area contributed by atoms with Crippen LogP contribution in [0.15, 0.2) is 34.3 Å². The van der Waals surface area contributed by atoms with Crippen LogP contribution in [0.5, 0.6) is 0 Å². The summed E-state index contributed by atoms with van der Waals surface area (Å²) in [5.41, 5.74) is 0.753. The lowest BCUT2D eigenvalue weighted by molar-refractivity contribution is 0.577. The number of rotatable bonds is 2. The van der Waals surface area contributed by atoms with Gasteiger partial charge in [0, 0.05) is 11.8 Å². The van der Waals surface area contributed by atoms with Gasteiger partial charge in [-0.15, -0.1) is 0 Å². The molecule has 0 bridgehead atoms. The molecule has 0 saturated carbocycles. The van der Waals surface area contributed by atoms with E-state index in [1.54, 1.807) is 6.92 Å². The highest BCUT2D eigenvalue weighted by atomic mass is 35.5. The molecule has 0 saturated heterocycles. The molecule has 0 aliphatic heterocycles. The molecule has 2 aromatic rings. The Morgan fingerprint density at radius 3 is 2.82 bits per heavy atom. The molecule has 0 unspecified atom stereocenters. The zero-order valence-corrected chi connectivity index (χ0v) is 10.3. The highest BCUT2D eigenvalue weighted by Gasteiger charge is 2.09. The van der Waals surface area contributed by atoms with E-state index in [0.29, 0.717) is 5.03 Å². The van der Waals surface area contributed by atoms with Crippen LogP contribution in [0.3, 0.4) is 0 Å². The lowest BCUT2D eigenvalue weighted by atomic mass is 10.3. The third kappa shape index (κ3) is 2.92. The van der Waals surface area contributed by atoms with E-state index in [0.717, 1.165) is 35.5 Å². The number of hydrogen-bond donors (Lipinski definition) is 0. The van der Waals surface area contributed by atoms with Crippen LogP contribution in [-0.2, 0) is 0 Å². The number of aryl methyl sites for hydroxylation is 1. The van der Waals surface area contributed by atoms with E-state index in [4.69, 9.17) is 11.6 Å². The number of aromatic nitrogens is 2. The molecule has 1 aromatic heterocycles. The first-order valence-electron chi connectivity index (χ1n) is 4.68. The molecule has 0 N–H and O–H groups in total. The molecule has 88 valence electrons. The average Bonchev–Trinajstić information content (AvgIpc) is 2.28. The molecule has 6 heteroatoms. The molecule has 0 amide bonds. The normalized spacial score (nSPS) is 10.6. The molecule has 0 aliphatic rings. The van der Waals surface area contributed by atoms with Crippen molar-refractivity contribution in [2.45, 2.75) is 16.8 Å². The van der Waals surface area contributed by atoms with Crippen molar-refractivity contribution in [1.82, 2.24) is 9.97 Å². The minimum absolute atomic E-state index is 0.0786. The van der Waals surface area contributed by atoms with Gasteiger partial charge < -0.3 is 0 Å². The molecule has 1 aromatic carbocycles. The van der Waals surface area contributed by atoms with E-state index < -0.39 is 11.6 Å². The maximum absolute atomic E-state index is 13.4. The van der Waals surface area contributed by atoms with Gasteiger partial charge in [-0.3, -0.25) is 0 Å². The zero-order chi connectivity index (χ0) is 12.4. The maximum Gasteiger partial charge on any atom is 0.223 e. The summed E-state index contributed by atoms with van der Waals surface area (Å²) in [6.45, 7) is 1.77. The van der Waals surface area contributed by atoms with Gasteiger partial charge in [-0.05, 0) is 36.7 Å². The van der Waals surface area contributed by atoms with Gasteiger partial charge in [0.2, 0.25) is 5.28 Å². The topological polar surface area (TPSA) is 25.8 Å². The Kier molecular flexibility index (Phi) is 3.59. The van der Waals surface area contributed by atoms with Crippen molar-refractivity contribution < 1.29 is 8.78 Å². The average molecular weight is 273 g/mol. The van der Waals surface area contributed by atoms with Gasteiger partial charge in [-0.2, -0.15) is 0 Å². The van der Waals surface area contributed by atoms with Gasteiger partial charge >= 0.3 is 0 Å². The predicted octanol–water partition coefficient (Wildman–Crippen LogP) is 3.87. The monoisotopic (exact) mass is 272 g/mol. The number of hydrogen-bond acceptors (Lipinski definition) is 3. The molecule has 0 aliphatic carbocycles. The molecule has 0 spiro atoms. The van der Waals surface area contributed by atoms with Crippen molar-refractivity contribution in [1.29, 1.82) is 0 Å². The van der Waals surface area contributed by atoms with Crippen molar-refractivity contribution in [3.05, 3.63) is 46.9 Å². The Bertz CT molecular complexity index is 514. The van der Waals surface area contributed by atoms with E-state index in [9.17, 15) is 8.78 Å². The fourth-order valence-corrected chi connectivity index (χ4v) is 2.24. The maximum atomic E-state index is 13.4. The van der Waals surface area contributed by atoms with Gasteiger partial charge in [0.1, 0.15) is 16.7 Å². The third-order valence-electron chi connectivity index (χ3n) is 2.00. The van der Waals surface area contributed by atoms with Crippen LogP contribution in [0.25, 0.3) is 0 Å². The Labute approximate surface area is 106 Å². The molecular weight excluding hydrogens is 266 g/mol. The second-order valence-electron chi connectivity index (χ2n) is 3.30. The van der Waals surface area contributed by atoms with Crippen LogP contribution in [0.1, 0.15) is 5.56 Å². The molecule has 2 nitrogen and oxygen atoms in total. The van der Waals surface area contributed by atoms with Crippen molar-refractivity contribution >= 4 is 23.4 Å². The highest BCUT2D eigenvalue weighted by molar-refractivity contribution is 7.99. The van der Waals surface area contributed by atoms with Crippen LogP contribution >= 0.6 is 23.4 Å². The summed E-state index contributed by atoms with van der Waals surface area (Å²) < 4.78 is 26.4. The Morgan fingerprint density at radius 1 is 1.29 bits per heavy atom. The highest BCUT2D eigenvalue weighted by Crippen LogP contribution is 2.31. The first-order valence-corrected chi connectivity index (χ1v) is 5.88. The molecule has 2 rings (SSSR count). The van der Waals surface area contributed by atoms with E-state index in [1.807, 2.05) is 0 Å².